The van der Waals surface area contributed by atoms with Crippen LogP contribution in [0.15, 0.2) is 6.07 Å². The molecule has 1 nitrogen and oxygen atoms in total. The smallest absolute Gasteiger partial charge is 0.0354 e. The van der Waals surface area contributed by atoms with E-state index in [0.29, 0.717) is 6.04 Å². The number of benzene rings is 1. The van der Waals surface area contributed by atoms with Gasteiger partial charge in [-0.25, -0.2) is 0 Å². The first-order valence-electron chi connectivity index (χ1n) is 6.89. The van der Waals surface area contributed by atoms with Gasteiger partial charge in [0.1, 0.15) is 0 Å². The van der Waals surface area contributed by atoms with Crippen molar-refractivity contribution in [2.24, 2.45) is 5.92 Å². The Morgan fingerprint density at radius 2 is 1.94 bits per heavy atom. The fourth-order valence-electron chi connectivity index (χ4n) is 3.19. The van der Waals surface area contributed by atoms with Crippen molar-refractivity contribution in [2.45, 2.75) is 53.5 Å². The van der Waals surface area contributed by atoms with E-state index in [-0.39, 0.29) is 0 Å². The summed E-state index contributed by atoms with van der Waals surface area (Å²) in [6, 6.07) is 2.92. The molecule has 0 radical (unpaired) electrons. The third kappa shape index (κ3) is 2.13. The van der Waals surface area contributed by atoms with Crippen molar-refractivity contribution >= 4 is 0 Å². The summed E-state index contributed by atoms with van der Waals surface area (Å²) in [5.74, 6) is 0.732. The second-order valence-electron chi connectivity index (χ2n) is 5.64. The van der Waals surface area contributed by atoms with E-state index < -0.39 is 0 Å². The van der Waals surface area contributed by atoms with Crippen LogP contribution in [0.25, 0.3) is 0 Å². The van der Waals surface area contributed by atoms with E-state index in [1.54, 1.807) is 11.1 Å². The number of aryl methyl sites for hydroxylation is 2. The van der Waals surface area contributed by atoms with Crippen LogP contribution in [0.4, 0.5) is 0 Å². The van der Waals surface area contributed by atoms with E-state index in [2.05, 4.69) is 46.0 Å². The van der Waals surface area contributed by atoms with Crippen LogP contribution in [0.3, 0.4) is 0 Å². The summed E-state index contributed by atoms with van der Waals surface area (Å²) in [5, 5.41) is 3.73. The molecule has 0 saturated heterocycles. The highest BCUT2D eigenvalue weighted by atomic mass is 14.9. The fourth-order valence-corrected chi connectivity index (χ4v) is 3.19. The molecular weight excluding hydrogens is 206 g/mol. The van der Waals surface area contributed by atoms with E-state index in [9.17, 15) is 0 Å². The lowest BCUT2D eigenvalue weighted by Gasteiger charge is -2.21. The third-order valence-corrected chi connectivity index (χ3v) is 4.25. The molecule has 0 amide bonds. The molecule has 0 aromatic heterocycles. The van der Waals surface area contributed by atoms with Crippen molar-refractivity contribution in [3.05, 3.63) is 33.9 Å². The monoisotopic (exact) mass is 231 g/mol. The average Bonchev–Trinajstić information content (AvgIpc) is 2.61. The lowest BCUT2D eigenvalue weighted by atomic mass is 9.93. The molecule has 0 heterocycles. The highest BCUT2D eigenvalue weighted by molar-refractivity contribution is 5.49. The molecule has 0 saturated carbocycles. The van der Waals surface area contributed by atoms with Gasteiger partial charge >= 0.3 is 0 Å². The molecular formula is C16H25N. The minimum absolute atomic E-state index is 0.573. The summed E-state index contributed by atoms with van der Waals surface area (Å²) in [6.45, 7) is 12.5. The Hall–Kier alpha value is -0.820. The van der Waals surface area contributed by atoms with Gasteiger partial charge in [-0.1, -0.05) is 19.9 Å². The summed E-state index contributed by atoms with van der Waals surface area (Å²) >= 11 is 0. The van der Waals surface area contributed by atoms with Crippen molar-refractivity contribution in [1.29, 1.82) is 0 Å². The molecule has 1 aromatic rings. The number of fused-ring (bicyclic) bond motifs is 1. The molecule has 17 heavy (non-hydrogen) atoms. The number of nitrogens with one attached hydrogen (secondary N) is 1. The summed E-state index contributed by atoms with van der Waals surface area (Å²) in [5.41, 5.74) is 7.63. The number of hydrogen-bond donors (Lipinski definition) is 1. The Morgan fingerprint density at radius 3 is 2.59 bits per heavy atom. The first-order chi connectivity index (χ1) is 8.06. The van der Waals surface area contributed by atoms with Gasteiger partial charge in [0.05, 0.1) is 0 Å². The van der Waals surface area contributed by atoms with Gasteiger partial charge in [-0.2, -0.15) is 0 Å². The molecule has 0 bridgehead atoms. The molecule has 94 valence electrons. The van der Waals surface area contributed by atoms with Gasteiger partial charge < -0.3 is 5.32 Å². The lowest BCUT2D eigenvalue weighted by Crippen LogP contribution is -2.25. The zero-order chi connectivity index (χ0) is 12.6. The molecule has 2 rings (SSSR count). The number of rotatable bonds is 3. The molecule has 1 N–H and O–H groups in total. The summed E-state index contributed by atoms with van der Waals surface area (Å²) in [7, 11) is 0. The molecule has 1 aromatic carbocycles. The van der Waals surface area contributed by atoms with Crippen LogP contribution < -0.4 is 5.32 Å². The quantitative estimate of drug-likeness (QED) is 0.833. The minimum Gasteiger partial charge on any atom is -0.310 e. The Balaban J connectivity index is 2.43. The Bertz CT molecular complexity index is 420. The van der Waals surface area contributed by atoms with E-state index in [4.69, 9.17) is 0 Å². The van der Waals surface area contributed by atoms with Gasteiger partial charge in [0.15, 0.2) is 0 Å². The third-order valence-electron chi connectivity index (χ3n) is 4.25. The van der Waals surface area contributed by atoms with Crippen LogP contribution in [-0.2, 0) is 6.42 Å². The van der Waals surface area contributed by atoms with Gasteiger partial charge in [-0.05, 0) is 73.9 Å². The van der Waals surface area contributed by atoms with Crippen LogP contribution in [0.2, 0.25) is 0 Å². The Morgan fingerprint density at radius 1 is 1.24 bits per heavy atom. The molecule has 2 unspecified atom stereocenters. The highest BCUT2D eigenvalue weighted by Gasteiger charge is 2.31. The summed E-state index contributed by atoms with van der Waals surface area (Å²) in [4.78, 5) is 0. The fraction of sp³-hybridized carbons (Fsp3) is 0.625. The predicted molar refractivity (Wildman–Crippen MR) is 74.6 cm³/mol. The second-order valence-corrected chi connectivity index (χ2v) is 5.64. The number of hydrogen-bond acceptors (Lipinski definition) is 1. The molecule has 1 heteroatoms. The zero-order valence-corrected chi connectivity index (χ0v) is 11.9. The van der Waals surface area contributed by atoms with Gasteiger partial charge in [0.25, 0.3) is 0 Å². The van der Waals surface area contributed by atoms with Crippen LogP contribution in [0, 0.1) is 26.7 Å². The van der Waals surface area contributed by atoms with Crippen LogP contribution >= 0.6 is 0 Å². The molecule has 1 aliphatic rings. The predicted octanol–water partition coefficient (Wildman–Crippen LogP) is 3.84. The van der Waals surface area contributed by atoms with E-state index >= 15 is 0 Å². The standard InChI is InChI=1S/C16H25N/c1-6-7-17-16-12(4)9-14-11(3)8-10(2)13(5)15(14)16/h8,12,16-17H,6-7,9H2,1-5H3. The van der Waals surface area contributed by atoms with Crippen molar-refractivity contribution in [3.8, 4) is 0 Å². The minimum atomic E-state index is 0.573. The molecule has 0 aliphatic heterocycles. The van der Waals surface area contributed by atoms with Crippen LogP contribution in [0.5, 0.6) is 0 Å². The molecule has 1 aliphatic carbocycles. The largest absolute Gasteiger partial charge is 0.310 e. The SMILES string of the molecule is CCCNC1c2c(C)c(C)cc(C)c2CC1C. The zero-order valence-electron chi connectivity index (χ0n) is 11.9. The molecule has 2 atom stereocenters. The Kier molecular flexibility index (Phi) is 3.58. The van der Waals surface area contributed by atoms with E-state index in [1.807, 2.05) is 0 Å². The molecule has 0 fully saturated rings. The first-order valence-corrected chi connectivity index (χ1v) is 6.89. The maximum Gasteiger partial charge on any atom is 0.0354 e. The van der Waals surface area contributed by atoms with Gasteiger partial charge in [-0.3, -0.25) is 0 Å². The Labute approximate surface area is 106 Å². The lowest BCUT2D eigenvalue weighted by molar-refractivity contribution is 0.416. The van der Waals surface area contributed by atoms with E-state index in [1.165, 1.54) is 29.5 Å². The normalized spacial score (nSPS) is 22.9. The van der Waals surface area contributed by atoms with Gasteiger partial charge in [-0.15, -0.1) is 0 Å². The summed E-state index contributed by atoms with van der Waals surface area (Å²) in [6.07, 6.45) is 2.45. The van der Waals surface area contributed by atoms with Crippen LogP contribution in [-0.4, -0.2) is 6.54 Å². The molecule has 0 spiro atoms. The maximum absolute atomic E-state index is 3.73. The van der Waals surface area contributed by atoms with Gasteiger partial charge in [0.2, 0.25) is 0 Å². The highest BCUT2D eigenvalue weighted by Crippen LogP contribution is 2.40. The van der Waals surface area contributed by atoms with Crippen molar-refractivity contribution in [1.82, 2.24) is 5.32 Å². The van der Waals surface area contributed by atoms with E-state index in [0.717, 1.165) is 12.5 Å². The van der Waals surface area contributed by atoms with Crippen molar-refractivity contribution in [3.63, 3.8) is 0 Å². The summed E-state index contributed by atoms with van der Waals surface area (Å²) < 4.78 is 0. The van der Waals surface area contributed by atoms with Gasteiger partial charge in [0, 0.05) is 6.04 Å². The van der Waals surface area contributed by atoms with Crippen molar-refractivity contribution in [2.75, 3.05) is 6.54 Å². The first kappa shape index (κ1) is 12.6. The van der Waals surface area contributed by atoms with Crippen LogP contribution in [0.1, 0.15) is 54.1 Å². The topological polar surface area (TPSA) is 12.0 Å². The average molecular weight is 231 g/mol. The maximum atomic E-state index is 3.73. The van der Waals surface area contributed by atoms with Crippen molar-refractivity contribution < 1.29 is 0 Å². The second kappa shape index (κ2) is 4.81.